The van der Waals surface area contributed by atoms with Crippen LogP contribution in [0.25, 0.3) is 0 Å². The van der Waals surface area contributed by atoms with E-state index in [-0.39, 0.29) is 5.56 Å². The molecule has 0 heterocycles. The van der Waals surface area contributed by atoms with Crippen molar-refractivity contribution in [1.29, 1.82) is 0 Å². The molecule has 0 spiro atoms. The third-order valence-electron chi connectivity index (χ3n) is 2.41. The van der Waals surface area contributed by atoms with Gasteiger partial charge in [0.2, 0.25) is 5.67 Å². The Hall–Kier alpha value is -1.38. The fraction of sp³-hybridized carbons (Fsp3) is 0.417. The van der Waals surface area contributed by atoms with E-state index in [1.807, 2.05) is 13.0 Å². The lowest BCUT2D eigenvalue weighted by molar-refractivity contribution is -0.150. The number of carbonyl (C=O) groups is 1. The minimum absolute atomic E-state index is 0.209. The lowest BCUT2D eigenvalue weighted by atomic mass is 9.95. The second kappa shape index (κ2) is 4.43. The zero-order valence-corrected chi connectivity index (χ0v) is 8.96. The number of hydrogen-bond donors (Lipinski definition) is 1. The van der Waals surface area contributed by atoms with Gasteiger partial charge in [0.15, 0.2) is 0 Å². The van der Waals surface area contributed by atoms with E-state index in [0.29, 0.717) is 0 Å². The predicted molar refractivity (Wildman–Crippen MR) is 56.5 cm³/mol. The topological polar surface area (TPSA) is 37.3 Å². The van der Waals surface area contributed by atoms with Crippen molar-refractivity contribution in [1.82, 2.24) is 0 Å². The number of hydrogen-bond acceptors (Lipinski definition) is 1. The minimum Gasteiger partial charge on any atom is -0.479 e. The molecular formula is C12H15FO2. The van der Waals surface area contributed by atoms with Gasteiger partial charge in [-0.05, 0) is 18.9 Å². The highest BCUT2D eigenvalue weighted by Crippen LogP contribution is 2.26. The second-order valence-electron chi connectivity index (χ2n) is 3.76. The summed E-state index contributed by atoms with van der Waals surface area (Å²) in [6.07, 6.45) is 1.79. The Morgan fingerprint density at radius 2 is 2.20 bits per heavy atom. The zero-order valence-electron chi connectivity index (χ0n) is 8.96. The molecule has 0 amide bonds. The summed E-state index contributed by atoms with van der Waals surface area (Å²) in [5.41, 5.74) is -1.12. The molecule has 0 aliphatic heterocycles. The van der Waals surface area contributed by atoms with Crippen LogP contribution in [0.15, 0.2) is 24.3 Å². The molecule has 0 aliphatic rings. The highest BCUT2D eigenvalue weighted by atomic mass is 19.1. The first-order valence-corrected chi connectivity index (χ1v) is 5.00. The number of alkyl halides is 1. The number of benzene rings is 1. The Morgan fingerprint density at radius 3 is 2.73 bits per heavy atom. The van der Waals surface area contributed by atoms with Gasteiger partial charge in [0.05, 0.1) is 0 Å². The number of halogens is 1. The van der Waals surface area contributed by atoms with Crippen LogP contribution in [-0.4, -0.2) is 11.1 Å². The fourth-order valence-corrected chi connectivity index (χ4v) is 1.43. The number of carboxylic acid groups (broad SMARTS) is 1. The van der Waals surface area contributed by atoms with Crippen molar-refractivity contribution in [3.8, 4) is 0 Å². The van der Waals surface area contributed by atoms with E-state index in [9.17, 15) is 9.18 Å². The normalized spacial score (nSPS) is 14.6. The summed E-state index contributed by atoms with van der Waals surface area (Å²) in [5, 5.41) is 8.74. The van der Waals surface area contributed by atoms with Crippen molar-refractivity contribution < 1.29 is 14.3 Å². The maximum Gasteiger partial charge on any atom is 0.345 e. The molecule has 0 aromatic heterocycles. The number of aryl methyl sites for hydroxylation is 1. The Kier molecular flexibility index (Phi) is 3.45. The summed E-state index contributed by atoms with van der Waals surface area (Å²) >= 11 is 0. The largest absolute Gasteiger partial charge is 0.479 e. The third-order valence-corrected chi connectivity index (χ3v) is 2.41. The van der Waals surface area contributed by atoms with Gasteiger partial charge in [-0.1, -0.05) is 37.6 Å². The molecule has 0 saturated carbocycles. The van der Waals surface area contributed by atoms with Gasteiger partial charge in [-0.3, -0.25) is 0 Å². The van der Waals surface area contributed by atoms with E-state index in [1.165, 1.54) is 6.07 Å². The molecule has 1 unspecified atom stereocenters. The van der Waals surface area contributed by atoms with Crippen molar-refractivity contribution in [2.75, 3.05) is 0 Å². The van der Waals surface area contributed by atoms with Gasteiger partial charge in [-0.2, -0.15) is 0 Å². The highest BCUT2D eigenvalue weighted by molar-refractivity contribution is 5.78. The summed E-state index contributed by atoms with van der Waals surface area (Å²) in [7, 11) is 0. The summed E-state index contributed by atoms with van der Waals surface area (Å²) in [4.78, 5) is 10.7. The quantitative estimate of drug-likeness (QED) is 0.829. The van der Waals surface area contributed by atoms with Crippen LogP contribution < -0.4 is 0 Å². The molecule has 1 atom stereocenters. The Bertz CT molecular complexity index is 358. The van der Waals surface area contributed by atoms with Crippen molar-refractivity contribution >= 4 is 5.97 Å². The monoisotopic (exact) mass is 210 g/mol. The molecule has 15 heavy (non-hydrogen) atoms. The molecule has 0 saturated heterocycles. The van der Waals surface area contributed by atoms with Crippen molar-refractivity contribution in [3.05, 3.63) is 35.4 Å². The van der Waals surface area contributed by atoms with Gasteiger partial charge in [-0.25, -0.2) is 9.18 Å². The van der Waals surface area contributed by atoms with Crippen LogP contribution in [0.2, 0.25) is 0 Å². The van der Waals surface area contributed by atoms with Crippen LogP contribution in [0.1, 0.15) is 31.4 Å². The maximum absolute atomic E-state index is 13.8. The molecule has 1 aromatic carbocycles. The first kappa shape index (κ1) is 11.7. The predicted octanol–water partition coefficient (Wildman–Crippen LogP) is 2.91. The molecule has 0 bridgehead atoms. The molecule has 2 nitrogen and oxygen atoms in total. The summed E-state index contributed by atoms with van der Waals surface area (Å²) in [6, 6.07) is 6.71. The van der Waals surface area contributed by atoms with Gasteiger partial charge < -0.3 is 5.11 Å². The van der Waals surface area contributed by atoms with Crippen LogP contribution in [0, 0.1) is 0 Å². The van der Waals surface area contributed by atoms with E-state index < -0.39 is 11.6 Å². The first-order chi connectivity index (χ1) is 6.98. The van der Waals surface area contributed by atoms with Crippen LogP contribution in [-0.2, 0) is 16.9 Å². The lowest BCUT2D eigenvalue weighted by Gasteiger charge is -2.16. The Morgan fingerprint density at radius 1 is 1.53 bits per heavy atom. The van der Waals surface area contributed by atoms with Crippen LogP contribution in [0.3, 0.4) is 0 Å². The van der Waals surface area contributed by atoms with Gasteiger partial charge >= 0.3 is 5.97 Å². The minimum atomic E-state index is -2.30. The van der Waals surface area contributed by atoms with Gasteiger partial charge in [0, 0.05) is 5.56 Å². The standard InChI is InChI=1S/C12H15FO2/c1-3-5-9-6-4-7-10(8-9)12(2,13)11(14)15/h4,6-8H,3,5H2,1-2H3,(H,14,15). The van der Waals surface area contributed by atoms with Crippen molar-refractivity contribution in [3.63, 3.8) is 0 Å². The van der Waals surface area contributed by atoms with Gasteiger partial charge in [0.1, 0.15) is 0 Å². The summed E-state index contributed by atoms with van der Waals surface area (Å²) < 4.78 is 13.8. The molecule has 0 aliphatic carbocycles. The van der Waals surface area contributed by atoms with E-state index >= 15 is 0 Å². The molecule has 82 valence electrons. The second-order valence-corrected chi connectivity index (χ2v) is 3.76. The average Bonchev–Trinajstić information content (AvgIpc) is 2.18. The smallest absolute Gasteiger partial charge is 0.345 e. The zero-order chi connectivity index (χ0) is 11.5. The van der Waals surface area contributed by atoms with Crippen LogP contribution in [0.4, 0.5) is 4.39 Å². The van der Waals surface area contributed by atoms with E-state index in [4.69, 9.17) is 5.11 Å². The maximum atomic E-state index is 13.8. The molecule has 0 radical (unpaired) electrons. The fourth-order valence-electron chi connectivity index (χ4n) is 1.43. The lowest BCUT2D eigenvalue weighted by Crippen LogP contribution is -2.26. The third kappa shape index (κ3) is 2.55. The van der Waals surface area contributed by atoms with E-state index in [0.717, 1.165) is 25.3 Å². The molecular weight excluding hydrogens is 195 g/mol. The number of rotatable bonds is 4. The van der Waals surface area contributed by atoms with Gasteiger partial charge in [-0.15, -0.1) is 0 Å². The molecule has 1 rings (SSSR count). The first-order valence-electron chi connectivity index (χ1n) is 5.00. The number of aliphatic carboxylic acids is 1. The average molecular weight is 210 g/mol. The SMILES string of the molecule is CCCc1cccc(C(C)(F)C(=O)O)c1. The number of carboxylic acids is 1. The van der Waals surface area contributed by atoms with E-state index in [1.54, 1.807) is 12.1 Å². The van der Waals surface area contributed by atoms with Crippen molar-refractivity contribution in [2.45, 2.75) is 32.4 Å². The molecule has 1 aromatic rings. The highest BCUT2D eigenvalue weighted by Gasteiger charge is 2.34. The Labute approximate surface area is 88.7 Å². The van der Waals surface area contributed by atoms with Crippen LogP contribution in [0.5, 0.6) is 0 Å². The molecule has 1 N–H and O–H groups in total. The van der Waals surface area contributed by atoms with Crippen molar-refractivity contribution in [2.24, 2.45) is 0 Å². The molecule has 0 fully saturated rings. The summed E-state index contributed by atoms with van der Waals surface area (Å²) in [5.74, 6) is -1.45. The summed E-state index contributed by atoms with van der Waals surface area (Å²) in [6.45, 7) is 3.10. The van der Waals surface area contributed by atoms with Gasteiger partial charge in [0.25, 0.3) is 0 Å². The Balaban J connectivity index is 3.04. The van der Waals surface area contributed by atoms with Crippen LogP contribution >= 0.6 is 0 Å². The molecule has 3 heteroatoms. The van der Waals surface area contributed by atoms with E-state index in [2.05, 4.69) is 0 Å².